The summed E-state index contributed by atoms with van der Waals surface area (Å²) in [6.07, 6.45) is 3.13. The SMILES string of the molecule is NS(=O)(=O)Cc1cccc(Nc2ncnc(N3CCCCC3CNC(=O)O)n2)c1. The molecule has 1 atom stereocenters. The molecular formula is C17H23N7O4S. The Bertz CT molecular complexity index is 970. The highest BCUT2D eigenvalue weighted by molar-refractivity contribution is 7.88. The van der Waals surface area contributed by atoms with Crippen LogP contribution in [0.25, 0.3) is 0 Å². The number of hydrogen-bond donors (Lipinski definition) is 4. The van der Waals surface area contributed by atoms with Crippen LogP contribution in [0, 0.1) is 0 Å². The first-order chi connectivity index (χ1) is 13.8. The third kappa shape index (κ3) is 6.26. The summed E-state index contributed by atoms with van der Waals surface area (Å²) in [4.78, 5) is 25.6. The van der Waals surface area contributed by atoms with Crippen LogP contribution < -0.4 is 20.7 Å². The lowest BCUT2D eigenvalue weighted by molar-refractivity contribution is 0.193. The van der Waals surface area contributed by atoms with E-state index in [9.17, 15) is 13.2 Å². The lowest BCUT2D eigenvalue weighted by Crippen LogP contribution is -2.47. The molecule has 0 radical (unpaired) electrons. The monoisotopic (exact) mass is 421 g/mol. The van der Waals surface area contributed by atoms with E-state index < -0.39 is 16.1 Å². The van der Waals surface area contributed by atoms with Crippen LogP contribution in [0.15, 0.2) is 30.6 Å². The molecule has 1 unspecified atom stereocenters. The Hall–Kier alpha value is -2.99. The number of nitrogens with zero attached hydrogens (tertiary/aromatic N) is 4. The Morgan fingerprint density at radius 3 is 2.90 bits per heavy atom. The number of aromatic nitrogens is 3. The van der Waals surface area contributed by atoms with E-state index >= 15 is 0 Å². The molecule has 1 saturated heterocycles. The smallest absolute Gasteiger partial charge is 0.404 e. The minimum atomic E-state index is -3.63. The molecular weight excluding hydrogens is 398 g/mol. The molecule has 11 nitrogen and oxygen atoms in total. The molecule has 0 bridgehead atoms. The van der Waals surface area contributed by atoms with Gasteiger partial charge in [0, 0.05) is 24.8 Å². The fraction of sp³-hybridized carbons (Fsp3) is 0.412. The molecule has 29 heavy (non-hydrogen) atoms. The molecule has 12 heteroatoms. The van der Waals surface area contributed by atoms with Crippen LogP contribution in [0.4, 0.5) is 22.4 Å². The fourth-order valence-corrected chi connectivity index (χ4v) is 3.91. The molecule has 0 spiro atoms. The van der Waals surface area contributed by atoms with Crippen molar-refractivity contribution in [3.05, 3.63) is 36.2 Å². The van der Waals surface area contributed by atoms with Crippen molar-refractivity contribution in [2.45, 2.75) is 31.1 Å². The van der Waals surface area contributed by atoms with Crippen LogP contribution in [-0.4, -0.2) is 53.7 Å². The van der Waals surface area contributed by atoms with E-state index in [2.05, 4.69) is 25.6 Å². The standard InChI is InChI=1S/C17H23N7O4S/c18-29(27,28)10-12-4-3-5-13(8-12)22-15-20-11-21-16(23-15)24-7-2-1-6-14(24)9-19-17(25)26/h3-5,8,11,14,19H,1-2,6-7,9-10H2,(H,25,26)(H2,18,27,28)(H,20,21,22,23). The summed E-state index contributed by atoms with van der Waals surface area (Å²) in [6.45, 7) is 1.01. The number of primary sulfonamides is 1. The van der Waals surface area contributed by atoms with Crippen molar-refractivity contribution >= 4 is 33.7 Å². The number of piperidine rings is 1. The molecule has 0 saturated carbocycles. The number of amides is 1. The van der Waals surface area contributed by atoms with Crippen molar-refractivity contribution in [1.29, 1.82) is 0 Å². The number of hydrogen-bond acceptors (Lipinski definition) is 8. The maximum atomic E-state index is 11.3. The highest BCUT2D eigenvalue weighted by Gasteiger charge is 2.25. The van der Waals surface area contributed by atoms with Crippen molar-refractivity contribution in [2.24, 2.45) is 5.14 Å². The summed E-state index contributed by atoms with van der Waals surface area (Å²) in [5.41, 5.74) is 1.16. The maximum absolute atomic E-state index is 11.3. The van der Waals surface area contributed by atoms with Gasteiger partial charge >= 0.3 is 6.09 Å². The second-order valence-corrected chi connectivity index (χ2v) is 8.39. The van der Waals surface area contributed by atoms with Crippen molar-refractivity contribution < 1.29 is 18.3 Å². The first-order valence-electron chi connectivity index (χ1n) is 9.09. The number of carbonyl (C=O) groups is 1. The molecule has 1 aliphatic rings. The van der Waals surface area contributed by atoms with E-state index in [1.165, 1.54) is 6.33 Å². The molecule has 1 aromatic carbocycles. The van der Waals surface area contributed by atoms with Crippen LogP contribution in [-0.2, 0) is 15.8 Å². The molecule has 156 valence electrons. The highest BCUT2D eigenvalue weighted by Crippen LogP contribution is 2.23. The van der Waals surface area contributed by atoms with Gasteiger partial charge in [0.1, 0.15) is 6.33 Å². The number of carboxylic acid groups (broad SMARTS) is 1. The van der Waals surface area contributed by atoms with Crippen LogP contribution >= 0.6 is 0 Å². The van der Waals surface area contributed by atoms with Gasteiger partial charge in [0.05, 0.1) is 5.75 Å². The number of anilines is 3. The number of benzene rings is 1. The van der Waals surface area contributed by atoms with Crippen LogP contribution in [0.2, 0.25) is 0 Å². The zero-order valence-corrected chi connectivity index (χ0v) is 16.5. The van der Waals surface area contributed by atoms with E-state index in [4.69, 9.17) is 10.2 Å². The Balaban J connectivity index is 1.75. The lowest BCUT2D eigenvalue weighted by atomic mass is 10.0. The average Bonchev–Trinajstić information content (AvgIpc) is 2.66. The van der Waals surface area contributed by atoms with Gasteiger partial charge in [-0.05, 0) is 37.0 Å². The van der Waals surface area contributed by atoms with Gasteiger partial charge in [-0.25, -0.2) is 28.3 Å². The third-order valence-electron chi connectivity index (χ3n) is 4.48. The predicted molar refractivity (Wildman–Crippen MR) is 107 cm³/mol. The first-order valence-corrected chi connectivity index (χ1v) is 10.8. The minimum absolute atomic E-state index is 0.0341. The summed E-state index contributed by atoms with van der Waals surface area (Å²) in [7, 11) is -3.63. The topological polar surface area (TPSA) is 163 Å². The first kappa shape index (κ1) is 20.7. The summed E-state index contributed by atoms with van der Waals surface area (Å²) in [6, 6.07) is 6.77. The Labute approximate surface area is 168 Å². The molecule has 5 N–H and O–H groups in total. The predicted octanol–water partition coefficient (Wildman–Crippen LogP) is 1.03. The van der Waals surface area contributed by atoms with Gasteiger partial charge in [-0.2, -0.15) is 4.98 Å². The normalized spacial score (nSPS) is 17.0. The van der Waals surface area contributed by atoms with Gasteiger partial charge < -0.3 is 20.6 Å². The van der Waals surface area contributed by atoms with Gasteiger partial charge in [-0.3, -0.25) is 0 Å². The number of nitrogens with two attached hydrogens (primary N) is 1. The van der Waals surface area contributed by atoms with Crippen molar-refractivity contribution in [2.75, 3.05) is 23.3 Å². The van der Waals surface area contributed by atoms with Crippen molar-refractivity contribution in [1.82, 2.24) is 20.3 Å². The summed E-state index contributed by atoms with van der Waals surface area (Å²) in [5, 5.41) is 19.4. The van der Waals surface area contributed by atoms with Gasteiger partial charge in [0.15, 0.2) is 0 Å². The number of sulfonamides is 1. The zero-order chi connectivity index (χ0) is 20.9. The van der Waals surface area contributed by atoms with Gasteiger partial charge in [0.2, 0.25) is 21.9 Å². The van der Waals surface area contributed by atoms with E-state index in [1.807, 2.05) is 4.90 Å². The molecule has 1 fully saturated rings. The molecule has 3 rings (SSSR count). The third-order valence-corrected chi connectivity index (χ3v) is 5.22. The molecule has 0 aliphatic carbocycles. The van der Waals surface area contributed by atoms with Crippen molar-refractivity contribution in [3.8, 4) is 0 Å². The molecule has 1 amide bonds. The van der Waals surface area contributed by atoms with Crippen LogP contribution in [0.1, 0.15) is 24.8 Å². The Kier molecular flexibility index (Phi) is 6.44. The maximum Gasteiger partial charge on any atom is 0.404 e. The molecule has 2 aromatic rings. The Morgan fingerprint density at radius 1 is 1.31 bits per heavy atom. The van der Waals surface area contributed by atoms with Crippen molar-refractivity contribution in [3.63, 3.8) is 0 Å². The van der Waals surface area contributed by atoms with E-state index in [0.29, 0.717) is 29.7 Å². The fourth-order valence-electron chi connectivity index (χ4n) is 3.27. The molecule has 1 aliphatic heterocycles. The second-order valence-electron chi connectivity index (χ2n) is 6.77. The van der Waals surface area contributed by atoms with Crippen LogP contribution in [0.5, 0.6) is 0 Å². The van der Waals surface area contributed by atoms with E-state index in [-0.39, 0.29) is 11.8 Å². The van der Waals surface area contributed by atoms with E-state index in [0.717, 1.165) is 25.8 Å². The average molecular weight is 421 g/mol. The van der Waals surface area contributed by atoms with Gasteiger partial charge in [0.25, 0.3) is 0 Å². The minimum Gasteiger partial charge on any atom is -0.465 e. The summed E-state index contributed by atoms with van der Waals surface area (Å²) < 4.78 is 22.6. The number of rotatable bonds is 7. The van der Waals surface area contributed by atoms with Gasteiger partial charge in [-0.1, -0.05) is 12.1 Å². The van der Waals surface area contributed by atoms with Crippen LogP contribution in [0.3, 0.4) is 0 Å². The largest absolute Gasteiger partial charge is 0.465 e. The van der Waals surface area contributed by atoms with E-state index in [1.54, 1.807) is 24.3 Å². The lowest BCUT2D eigenvalue weighted by Gasteiger charge is -2.35. The number of nitrogens with one attached hydrogen (secondary N) is 2. The zero-order valence-electron chi connectivity index (χ0n) is 15.7. The molecule has 2 heterocycles. The second kappa shape index (κ2) is 9.01. The Morgan fingerprint density at radius 2 is 2.14 bits per heavy atom. The van der Waals surface area contributed by atoms with Gasteiger partial charge in [-0.15, -0.1) is 0 Å². The summed E-state index contributed by atoms with van der Waals surface area (Å²) >= 11 is 0. The quantitative estimate of drug-likeness (QED) is 0.511. The highest BCUT2D eigenvalue weighted by atomic mass is 32.2. The molecule has 1 aromatic heterocycles. The summed E-state index contributed by atoms with van der Waals surface area (Å²) in [5.74, 6) is 0.496.